The van der Waals surface area contributed by atoms with Crippen molar-refractivity contribution in [3.63, 3.8) is 0 Å². The maximum Gasteiger partial charge on any atom is 0.415 e. The summed E-state index contributed by atoms with van der Waals surface area (Å²) in [4.78, 5) is 1.59. The molecule has 1 N–H and O–H groups in total. The fourth-order valence-corrected chi connectivity index (χ4v) is 1.72. The molecule has 0 aromatic heterocycles. The fraction of sp³-hybridized carbons (Fsp3) is 1.00. The number of halogens is 3. The third kappa shape index (κ3) is 3.96. The van der Waals surface area contributed by atoms with Gasteiger partial charge in [0.2, 0.25) is 0 Å². The van der Waals surface area contributed by atoms with Crippen molar-refractivity contribution in [2.75, 3.05) is 26.7 Å². The third-order valence-electron chi connectivity index (χ3n) is 2.60. The van der Waals surface area contributed by atoms with Crippen LogP contribution in [0.25, 0.3) is 0 Å². The van der Waals surface area contributed by atoms with Gasteiger partial charge < -0.3 is 9.84 Å². The molecule has 1 rings (SSSR count). The maximum absolute atomic E-state index is 12.1. The number of piperidine rings is 1. The SMILES string of the molecule is COC1CCCN(CC(O)C(F)(F)F)C1. The minimum atomic E-state index is -4.53. The van der Waals surface area contributed by atoms with E-state index in [9.17, 15) is 13.2 Å². The van der Waals surface area contributed by atoms with Crippen LogP contribution >= 0.6 is 0 Å². The molecule has 0 aliphatic carbocycles. The summed E-state index contributed by atoms with van der Waals surface area (Å²) in [6.45, 7) is 0.694. The number of nitrogens with zero attached hydrogens (tertiary/aromatic N) is 1. The standard InChI is InChI=1S/C9H16F3NO2/c1-15-7-3-2-4-13(5-7)6-8(14)9(10,11)12/h7-8,14H,2-6H2,1H3. The minimum Gasteiger partial charge on any atom is -0.382 e. The van der Waals surface area contributed by atoms with Crippen molar-refractivity contribution in [3.05, 3.63) is 0 Å². The molecule has 90 valence electrons. The molecule has 1 heterocycles. The van der Waals surface area contributed by atoms with Crippen LogP contribution in [0.4, 0.5) is 13.2 Å². The zero-order chi connectivity index (χ0) is 11.5. The van der Waals surface area contributed by atoms with E-state index >= 15 is 0 Å². The lowest BCUT2D eigenvalue weighted by Crippen LogP contribution is -2.46. The zero-order valence-electron chi connectivity index (χ0n) is 8.63. The van der Waals surface area contributed by atoms with Crippen LogP contribution in [-0.2, 0) is 4.74 Å². The molecule has 0 amide bonds. The molecule has 6 heteroatoms. The summed E-state index contributed by atoms with van der Waals surface area (Å²) in [6, 6.07) is 0. The van der Waals surface area contributed by atoms with Gasteiger partial charge in [0.05, 0.1) is 6.10 Å². The second kappa shape index (κ2) is 5.14. The van der Waals surface area contributed by atoms with Gasteiger partial charge in [-0.25, -0.2) is 0 Å². The van der Waals surface area contributed by atoms with Gasteiger partial charge in [-0.3, -0.25) is 4.90 Å². The molecule has 2 unspecified atom stereocenters. The summed E-state index contributed by atoms with van der Waals surface area (Å²) in [5, 5.41) is 8.89. The van der Waals surface area contributed by atoms with E-state index < -0.39 is 12.3 Å². The molecule has 2 atom stereocenters. The van der Waals surface area contributed by atoms with Crippen molar-refractivity contribution in [1.29, 1.82) is 0 Å². The summed E-state index contributed by atoms with van der Waals surface area (Å²) < 4.78 is 41.3. The molecular formula is C9H16F3NO2. The Bertz CT molecular complexity index is 198. The molecule has 1 aliphatic heterocycles. The van der Waals surface area contributed by atoms with E-state index in [1.54, 1.807) is 12.0 Å². The van der Waals surface area contributed by atoms with E-state index in [2.05, 4.69) is 0 Å². The van der Waals surface area contributed by atoms with E-state index in [1.807, 2.05) is 0 Å². The van der Waals surface area contributed by atoms with Gasteiger partial charge in [0.25, 0.3) is 0 Å². The Labute approximate surface area is 86.8 Å². The van der Waals surface area contributed by atoms with Crippen molar-refractivity contribution in [2.24, 2.45) is 0 Å². The van der Waals surface area contributed by atoms with Gasteiger partial charge in [-0.15, -0.1) is 0 Å². The number of aliphatic hydroxyl groups excluding tert-OH is 1. The van der Waals surface area contributed by atoms with Crippen molar-refractivity contribution in [2.45, 2.75) is 31.2 Å². The minimum absolute atomic E-state index is 0.0146. The molecule has 0 aromatic rings. The highest BCUT2D eigenvalue weighted by atomic mass is 19.4. The Morgan fingerprint density at radius 2 is 2.20 bits per heavy atom. The number of hydrogen-bond donors (Lipinski definition) is 1. The highest BCUT2D eigenvalue weighted by Gasteiger charge is 2.39. The quantitative estimate of drug-likeness (QED) is 0.781. The number of hydrogen-bond acceptors (Lipinski definition) is 3. The first-order valence-electron chi connectivity index (χ1n) is 4.93. The van der Waals surface area contributed by atoms with Crippen molar-refractivity contribution in [3.8, 4) is 0 Å². The maximum atomic E-state index is 12.1. The molecule has 0 saturated carbocycles. The normalized spacial score (nSPS) is 26.6. The smallest absolute Gasteiger partial charge is 0.382 e. The molecule has 15 heavy (non-hydrogen) atoms. The Morgan fingerprint density at radius 3 is 2.73 bits per heavy atom. The molecule has 1 fully saturated rings. The molecular weight excluding hydrogens is 211 g/mol. The van der Waals surface area contributed by atoms with Crippen LogP contribution in [0.2, 0.25) is 0 Å². The number of ether oxygens (including phenoxy) is 1. The Hall–Kier alpha value is -0.330. The molecule has 0 aromatic carbocycles. The summed E-state index contributed by atoms with van der Waals surface area (Å²) >= 11 is 0. The van der Waals surface area contributed by atoms with Gasteiger partial charge >= 0.3 is 6.18 Å². The average molecular weight is 227 g/mol. The van der Waals surface area contributed by atoms with Gasteiger partial charge in [0.15, 0.2) is 6.10 Å². The van der Waals surface area contributed by atoms with Crippen LogP contribution in [0.5, 0.6) is 0 Å². The largest absolute Gasteiger partial charge is 0.415 e. The zero-order valence-corrected chi connectivity index (χ0v) is 8.63. The Balaban J connectivity index is 2.38. The number of methoxy groups -OCH3 is 1. The summed E-state index contributed by atoms with van der Waals surface area (Å²) in [6.07, 6.45) is -5.12. The summed E-state index contributed by atoms with van der Waals surface area (Å²) in [7, 11) is 1.55. The third-order valence-corrected chi connectivity index (χ3v) is 2.60. The van der Waals surface area contributed by atoms with Crippen LogP contribution in [0.1, 0.15) is 12.8 Å². The summed E-state index contributed by atoms with van der Waals surface area (Å²) in [5.41, 5.74) is 0. The van der Waals surface area contributed by atoms with E-state index in [4.69, 9.17) is 9.84 Å². The topological polar surface area (TPSA) is 32.7 Å². The predicted molar refractivity (Wildman–Crippen MR) is 48.5 cm³/mol. The number of β-amino-alcohol motifs (C(OH)–C–C–N with tert-alkyl or cyclic N) is 1. The first-order chi connectivity index (χ1) is 6.93. The highest BCUT2D eigenvalue weighted by molar-refractivity contribution is 4.77. The predicted octanol–water partition coefficient (Wildman–Crippen LogP) is 1.02. The van der Waals surface area contributed by atoms with Gasteiger partial charge in [0.1, 0.15) is 0 Å². The van der Waals surface area contributed by atoms with Gasteiger partial charge in [-0.05, 0) is 19.4 Å². The van der Waals surface area contributed by atoms with E-state index in [0.717, 1.165) is 12.8 Å². The van der Waals surface area contributed by atoms with Crippen LogP contribution in [-0.4, -0.2) is 55.1 Å². The number of likely N-dealkylation sites (tertiary alicyclic amines) is 1. The van der Waals surface area contributed by atoms with Crippen molar-refractivity contribution in [1.82, 2.24) is 4.90 Å². The number of aliphatic hydroxyl groups is 1. The summed E-state index contributed by atoms with van der Waals surface area (Å²) in [5.74, 6) is 0. The van der Waals surface area contributed by atoms with Crippen LogP contribution in [0.3, 0.4) is 0 Å². The Kier molecular flexibility index (Phi) is 4.36. The second-order valence-corrected chi connectivity index (χ2v) is 3.82. The number of rotatable bonds is 3. The van der Waals surface area contributed by atoms with Crippen molar-refractivity contribution >= 4 is 0 Å². The number of alkyl halides is 3. The van der Waals surface area contributed by atoms with Crippen LogP contribution in [0, 0.1) is 0 Å². The lowest BCUT2D eigenvalue weighted by molar-refractivity contribution is -0.209. The average Bonchev–Trinajstić information content (AvgIpc) is 2.16. The van der Waals surface area contributed by atoms with E-state index in [-0.39, 0.29) is 12.6 Å². The highest BCUT2D eigenvalue weighted by Crippen LogP contribution is 2.22. The van der Waals surface area contributed by atoms with Crippen LogP contribution < -0.4 is 0 Å². The van der Waals surface area contributed by atoms with Crippen molar-refractivity contribution < 1.29 is 23.0 Å². The molecule has 0 spiro atoms. The van der Waals surface area contributed by atoms with E-state index in [0.29, 0.717) is 13.1 Å². The monoisotopic (exact) mass is 227 g/mol. The first kappa shape index (κ1) is 12.7. The van der Waals surface area contributed by atoms with Gasteiger partial charge in [-0.1, -0.05) is 0 Å². The molecule has 3 nitrogen and oxygen atoms in total. The van der Waals surface area contributed by atoms with Gasteiger partial charge in [-0.2, -0.15) is 13.2 Å². The fourth-order valence-electron chi connectivity index (χ4n) is 1.72. The molecule has 0 bridgehead atoms. The van der Waals surface area contributed by atoms with Crippen LogP contribution in [0.15, 0.2) is 0 Å². The lowest BCUT2D eigenvalue weighted by atomic mass is 10.1. The molecule has 1 aliphatic rings. The molecule has 1 saturated heterocycles. The second-order valence-electron chi connectivity index (χ2n) is 3.82. The first-order valence-corrected chi connectivity index (χ1v) is 4.93. The molecule has 0 radical (unpaired) electrons. The van der Waals surface area contributed by atoms with E-state index in [1.165, 1.54) is 0 Å². The Morgan fingerprint density at radius 1 is 1.53 bits per heavy atom. The lowest BCUT2D eigenvalue weighted by Gasteiger charge is -2.33. The van der Waals surface area contributed by atoms with Gasteiger partial charge in [0, 0.05) is 20.2 Å².